The molecule has 21 heavy (non-hydrogen) atoms. The lowest BCUT2D eigenvalue weighted by Crippen LogP contribution is -2.17. The van der Waals surface area contributed by atoms with Crippen molar-refractivity contribution in [3.8, 4) is 0 Å². The van der Waals surface area contributed by atoms with Gasteiger partial charge in [-0.15, -0.1) is 0 Å². The van der Waals surface area contributed by atoms with Crippen LogP contribution >= 0.6 is 15.9 Å². The predicted molar refractivity (Wildman–Crippen MR) is 83.3 cm³/mol. The molecule has 0 aliphatic rings. The first-order valence-electron chi connectivity index (χ1n) is 6.38. The van der Waals surface area contributed by atoms with Gasteiger partial charge in [0, 0.05) is 5.39 Å². The van der Waals surface area contributed by atoms with Crippen LogP contribution < -0.4 is 4.84 Å². The van der Waals surface area contributed by atoms with E-state index < -0.39 is 5.97 Å². The SMILES string of the molecule is O=C(O)c1c(Br)c2ccccc2n1OCc1ccccc1. The third kappa shape index (κ3) is 2.52. The molecule has 1 N–H and O–H groups in total. The molecule has 0 aliphatic heterocycles. The van der Waals surface area contributed by atoms with Crippen molar-refractivity contribution in [1.82, 2.24) is 4.73 Å². The third-order valence-electron chi connectivity index (χ3n) is 3.18. The molecular weight excluding hydrogens is 334 g/mol. The number of para-hydroxylation sites is 1. The van der Waals surface area contributed by atoms with Crippen LogP contribution in [0.1, 0.15) is 16.1 Å². The maximum Gasteiger partial charge on any atom is 0.357 e. The van der Waals surface area contributed by atoms with Gasteiger partial charge in [0.1, 0.15) is 6.61 Å². The average Bonchev–Trinajstić information content (AvgIpc) is 2.79. The molecule has 1 aromatic heterocycles. The van der Waals surface area contributed by atoms with Gasteiger partial charge >= 0.3 is 5.97 Å². The Labute approximate surface area is 129 Å². The lowest BCUT2D eigenvalue weighted by Gasteiger charge is -2.10. The summed E-state index contributed by atoms with van der Waals surface area (Å²) in [6.07, 6.45) is 0. The molecule has 0 amide bonds. The molecule has 0 saturated heterocycles. The molecule has 0 saturated carbocycles. The van der Waals surface area contributed by atoms with Crippen molar-refractivity contribution in [1.29, 1.82) is 0 Å². The molecule has 0 aliphatic carbocycles. The van der Waals surface area contributed by atoms with Crippen LogP contribution in [0.25, 0.3) is 10.9 Å². The number of aromatic carboxylic acids is 1. The summed E-state index contributed by atoms with van der Waals surface area (Å²) in [5.41, 5.74) is 1.78. The smallest absolute Gasteiger partial charge is 0.357 e. The zero-order chi connectivity index (χ0) is 14.8. The second-order valence-corrected chi connectivity index (χ2v) is 5.33. The molecule has 0 bridgehead atoms. The normalized spacial score (nSPS) is 10.7. The van der Waals surface area contributed by atoms with Crippen LogP contribution in [0.5, 0.6) is 0 Å². The van der Waals surface area contributed by atoms with Gasteiger partial charge in [-0.2, -0.15) is 4.73 Å². The van der Waals surface area contributed by atoms with Crippen LogP contribution in [0.3, 0.4) is 0 Å². The minimum Gasteiger partial charge on any atom is -0.476 e. The zero-order valence-corrected chi connectivity index (χ0v) is 12.6. The third-order valence-corrected chi connectivity index (χ3v) is 3.98. The van der Waals surface area contributed by atoms with E-state index in [1.54, 1.807) is 0 Å². The van der Waals surface area contributed by atoms with Gasteiger partial charge in [0.05, 0.1) is 9.99 Å². The number of nitrogens with zero attached hydrogens (tertiary/aromatic N) is 1. The van der Waals surface area contributed by atoms with Crippen molar-refractivity contribution in [2.24, 2.45) is 0 Å². The number of hydrogen-bond donors (Lipinski definition) is 1. The van der Waals surface area contributed by atoms with E-state index in [0.717, 1.165) is 16.5 Å². The molecule has 106 valence electrons. The molecule has 5 heteroatoms. The number of rotatable bonds is 4. The van der Waals surface area contributed by atoms with Crippen molar-refractivity contribution in [2.75, 3.05) is 0 Å². The first-order chi connectivity index (χ1) is 10.2. The molecule has 0 spiro atoms. The van der Waals surface area contributed by atoms with Crippen LogP contribution in [0.15, 0.2) is 59.1 Å². The Hall–Kier alpha value is -2.27. The molecular formula is C16H12BrNO3. The van der Waals surface area contributed by atoms with Crippen molar-refractivity contribution >= 4 is 32.8 Å². The van der Waals surface area contributed by atoms with E-state index in [0.29, 0.717) is 11.1 Å². The summed E-state index contributed by atoms with van der Waals surface area (Å²) < 4.78 is 1.90. The Morgan fingerprint density at radius 3 is 2.48 bits per heavy atom. The minimum absolute atomic E-state index is 0.0899. The maximum absolute atomic E-state index is 11.5. The highest BCUT2D eigenvalue weighted by Crippen LogP contribution is 2.30. The largest absolute Gasteiger partial charge is 0.476 e. The van der Waals surface area contributed by atoms with E-state index in [1.807, 2.05) is 54.6 Å². The summed E-state index contributed by atoms with van der Waals surface area (Å²) in [6, 6.07) is 17.0. The fraction of sp³-hybridized carbons (Fsp3) is 0.0625. The second-order valence-electron chi connectivity index (χ2n) is 4.54. The summed E-state index contributed by atoms with van der Waals surface area (Å²) in [5.74, 6) is -1.04. The summed E-state index contributed by atoms with van der Waals surface area (Å²) in [6.45, 7) is 0.298. The van der Waals surface area contributed by atoms with E-state index in [9.17, 15) is 9.90 Å². The van der Waals surface area contributed by atoms with Gasteiger partial charge < -0.3 is 9.94 Å². The number of aromatic nitrogens is 1. The monoisotopic (exact) mass is 345 g/mol. The highest BCUT2D eigenvalue weighted by Gasteiger charge is 2.21. The lowest BCUT2D eigenvalue weighted by molar-refractivity contribution is 0.0587. The number of hydrogen-bond acceptors (Lipinski definition) is 2. The molecule has 4 nitrogen and oxygen atoms in total. The maximum atomic E-state index is 11.5. The quantitative estimate of drug-likeness (QED) is 0.783. The number of fused-ring (bicyclic) bond motifs is 1. The van der Waals surface area contributed by atoms with Crippen LogP contribution in [0.2, 0.25) is 0 Å². The number of carboxylic acids is 1. The highest BCUT2D eigenvalue weighted by molar-refractivity contribution is 9.10. The lowest BCUT2D eigenvalue weighted by atomic mass is 10.2. The molecule has 1 heterocycles. The van der Waals surface area contributed by atoms with Crippen LogP contribution in [0, 0.1) is 0 Å². The van der Waals surface area contributed by atoms with E-state index in [-0.39, 0.29) is 5.69 Å². The van der Waals surface area contributed by atoms with Gasteiger partial charge in [-0.3, -0.25) is 0 Å². The zero-order valence-electron chi connectivity index (χ0n) is 11.0. The molecule has 3 aromatic rings. The van der Waals surface area contributed by atoms with Crippen LogP contribution in [-0.2, 0) is 6.61 Å². The topological polar surface area (TPSA) is 51.5 Å². The van der Waals surface area contributed by atoms with Gasteiger partial charge in [-0.05, 0) is 27.6 Å². The van der Waals surface area contributed by atoms with Gasteiger partial charge in [-0.1, -0.05) is 48.5 Å². The summed E-state index contributed by atoms with van der Waals surface area (Å²) in [5, 5.41) is 10.2. The summed E-state index contributed by atoms with van der Waals surface area (Å²) in [4.78, 5) is 17.2. The first-order valence-corrected chi connectivity index (χ1v) is 7.17. The van der Waals surface area contributed by atoms with E-state index in [2.05, 4.69) is 15.9 Å². The number of carbonyl (C=O) groups is 1. The van der Waals surface area contributed by atoms with Gasteiger partial charge in [0.25, 0.3) is 0 Å². The summed E-state index contributed by atoms with van der Waals surface area (Å²) in [7, 11) is 0. The fourth-order valence-electron chi connectivity index (χ4n) is 2.20. The average molecular weight is 346 g/mol. The fourth-order valence-corrected chi connectivity index (χ4v) is 2.87. The Bertz CT molecular complexity index is 796. The van der Waals surface area contributed by atoms with Gasteiger partial charge in [-0.25, -0.2) is 4.79 Å². The van der Waals surface area contributed by atoms with Crippen molar-refractivity contribution in [3.63, 3.8) is 0 Å². The Morgan fingerprint density at radius 2 is 1.76 bits per heavy atom. The number of carboxylic acid groups (broad SMARTS) is 1. The van der Waals surface area contributed by atoms with Crippen molar-refractivity contribution < 1.29 is 14.7 Å². The van der Waals surface area contributed by atoms with Crippen molar-refractivity contribution in [3.05, 3.63) is 70.3 Å². The Kier molecular flexibility index (Phi) is 3.66. The molecule has 3 rings (SSSR count). The Morgan fingerprint density at radius 1 is 1.10 bits per heavy atom. The second kappa shape index (κ2) is 5.61. The standard InChI is InChI=1S/C16H12BrNO3/c17-14-12-8-4-5-9-13(12)18(15(14)16(19)20)21-10-11-6-2-1-3-7-11/h1-9H,10H2,(H,19,20). The first kappa shape index (κ1) is 13.7. The molecule has 2 aromatic carbocycles. The molecule has 0 atom stereocenters. The van der Waals surface area contributed by atoms with Crippen molar-refractivity contribution in [2.45, 2.75) is 6.61 Å². The Balaban J connectivity index is 2.04. The summed E-state index contributed by atoms with van der Waals surface area (Å²) >= 11 is 3.35. The number of halogens is 1. The van der Waals surface area contributed by atoms with Crippen LogP contribution in [-0.4, -0.2) is 15.8 Å². The molecule has 0 radical (unpaired) electrons. The predicted octanol–water partition coefficient (Wildman–Crippen LogP) is 3.73. The van der Waals surface area contributed by atoms with E-state index in [4.69, 9.17) is 4.84 Å². The van der Waals surface area contributed by atoms with Gasteiger partial charge in [0.15, 0.2) is 5.69 Å². The van der Waals surface area contributed by atoms with Crippen LogP contribution in [0.4, 0.5) is 0 Å². The molecule has 0 fully saturated rings. The molecule has 0 unspecified atom stereocenters. The number of benzene rings is 2. The minimum atomic E-state index is -1.04. The van der Waals surface area contributed by atoms with E-state index >= 15 is 0 Å². The van der Waals surface area contributed by atoms with E-state index in [1.165, 1.54) is 4.73 Å². The van der Waals surface area contributed by atoms with Gasteiger partial charge in [0.2, 0.25) is 0 Å². The highest BCUT2D eigenvalue weighted by atomic mass is 79.9.